The van der Waals surface area contributed by atoms with E-state index in [1.165, 1.54) is 0 Å². The van der Waals surface area contributed by atoms with Gasteiger partial charge in [-0.05, 0) is 50.6 Å². The first-order valence-corrected chi connectivity index (χ1v) is 9.36. The zero-order valence-corrected chi connectivity index (χ0v) is 15.5. The van der Waals surface area contributed by atoms with Crippen molar-refractivity contribution < 1.29 is 9.53 Å². The minimum absolute atomic E-state index is 0.113. The predicted molar refractivity (Wildman–Crippen MR) is 101 cm³/mol. The molecule has 0 radical (unpaired) electrons. The first kappa shape index (κ1) is 17.1. The van der Waals surface area contributed by atoms with Crippen molar-refractivity contribution in [2.24, 2.45) is 0 Å². The third kappa shape index (κ3) is 3.33. The molecule has 26 heavy (non-hydrogen) atoms. The fraction of sp³-hybridized carbons (Fsp3) is 0.500. The highest BCUT2D eigenvalue weighted by Gasteiger charge is 2.29. The van der Waals surface area contributed by atoms with Crippen molar-refractivity contribution in [2.75, 3.05) is 44.3 Å². The Morgan fingerprint density at radius 3 is 2.50 bits per heavy atom. The molecule has 0 N–H and O–H groups in total. The molecule has 138 valence electrons. The fourth-order valence-electron chi connectivity index (χ4n) is 3.96. The molecule has 0 saturated carbocycles. The van der Waals surface area contributed by atoms with E-state index in [0.29, 0.717) is 0 Å². The zero-order chi connectivity index (χ0) is 18.1. The number of rotatable bonds is 3. The van der Waals surface area contributed by atoms with Crippen LogP contribution < -0.4 is 4.90 Å². The van der Waals surface area contributed by atoms with E-state index in [1.54, 1.807) is 0 Å². The van der Waals surface area contributed by atoms with Gasteiger partial charge in [0, 0.05) is 43.1 Å². The van der Waals surface area contributed by atoms with Gasteiger partial charge in [-0.15, -0.1) is 0 Å². The number of benzene rings is 1. The Kier molecular flexibility index (Phi) is 4.68. The molecule has 0 bridgehead atoms. The highest BCUT2D eigenvalue weighted by molar-refractivity contribution is 5.94. The number of morpholine rings is 1. The number of anilines is 1. The molecule has 1 unspecified atom stereocenters. The maximum Gasteiger partial charge on any atom is 0.253 e. The Labute approximate surface area is 154 Å². The Balaban J connectivity index is 1.42. The summed E-state index contributed by atoms with van der Waals surface area (Å²) >= 11 is 0. The minimum atomic E-state index is 0.113. The van der Waals surface area contributed by atoms with Gasteiger partial charge >= 0.3 is 0 Å². The van der Waals surface area contributed by atoms with Crippen LogP contribution >= 0.6 is 0 Å². The fourth-order valence-corrected chi connectivity index (χ4v) is 3.96. The lowest BCUT2D eigenvalue weighted by Crippen LogP contribution is -2.36. The molecule has 3 heterocycles. The van der Waals surface area contributed by atoms with Gasteiger partial charge < -0.3 is 14.5 Å². The Morgan fingerprint density at radius 2 is 1.85 bits per heavy atom. The molecule has 2 aliphatic heterocycles. The summed E-state index contributed by atoms with van der Waals surface area (Å²) in [7, 11) is 0. The highest BCUT2D eigenvalue weighted by Crippen LogP contribution is 2.25. The van der Waals surface area contributed by atoms with Gasteiger partial charge in [0.15, 0.2) is 0 Å². The molecule has 2 aliphatic rings. The number of aromatic nitrogens is 2. The highest BCUT2D eigenvalue weighted by atomic mass is 16.5. The van der Waals surface area contributed by atoms with E-state index < -0.39 is 0 Å². The molecule has 1 atom stereocenters. The lowest BCUT2D eigenvalue weighted by molar-refractivity contribution is 0.0787. The molecule has 1 aromatic carbocycles. The summed E-state index contributed by atoms with van der Waals surface area (Å²) in [5.74, 6) is 0.113. The summed E-state index contributed by atoms with van der Waals surface area (Å²) in [5, 5.41) is 4.59. The summed E-state index contributed by atoms with van der Waals surface area (Å²) in [5.41, 5.74) is 4.12. The smallest absolute Gasteiger partial charge is 0.253 e. The number of ether oxygens (including phenoxy) is 1. The lowest BCUT2D eigenvalue weighted by Gasteiger charge is -2.29. The van der Waals surface area contributed by atoms with E-state index in [9.17, 15) is 4.79 Å². The zero-order valence-electron chi connectivity index (χ0n) is 15.5. The second-order valence-corrected chi connectivity index (χ2v) is 7.21. The molecule has 2 saturated heterocycles. The predicted octanol–water partition coefficient (Wildman–Crippen LogP) is 2.42. The first-order chi connectivity index (χ1) is 12.6. The number of carbonyl (C=O) groups is 1. The largest absolute Gasteiger partial charge is 0.378 e. The number of nitrogens with zero attached hydrogens (tertiary/aromatic N) is 4. The summed E-state index contributed by atoms with van der Waals surface area (Å²) < 4.78 is 7.47. The normalized spacial score (nSPS) is 20.6. The molecule has 2 aromatic rings. The van der Waals surface area contributed by atoms with Crippen LogP contribution in [-0.2, 0) is 4.74 Å². The second-order valence-electron chi connectivity index (χ2n) is 7.21. The van der Waals surface area contributed by atoms with E-state index in [1.807, 2.05) is 36.1 Å². The second kappa shape index (κ2) is 7.11. The van der Waals surface area contributed by atoms with Gasteiger partial charge in [-0.3, -0.25) is 9.48 Å². The lowest BCUT2D eigenvalue weighted by atomic mass is 10.1. The van der Waals surface area contributed by atoms with Crippen LogP contribution in [0.15, 0.2) is 30.3 Å². The standard InChI is InChI=1S/C20H26N4O2/c1-15-13-16(2)24(21-15)19-7-8-23(14-19)20(25)17-3-5-18(6-4-17)22-9-11-26-12-10-22/h3-6,13,19H,7-12,14H2,1-2H3. The molecule has 6 heteroatoms. The van der Waals surface area contributed by atoms with Crippen LogP contribution in [-0.4, -0.2) is 60.0 Å². The minimum Gasteiger partial charge on any atom is -0.378 e. The van der Waals surface area contributed by atoms with Gasteiger partial charge in [0.05, 0.1) is 24.9 Å². The Hall–Kier alpha value is -2.34. The number of amides is 1. The van der Waals surface area contributed by atoms with Gasteiger partial charge in [0.1, 0.15) is 0 Å². The summed E-state index contributed by atoms with van der Waals surface area (Å²) in [4.78, 5) is 17.1. The molecule has 0 aliphatic carbocycles. The van der Waals surface area contributed by atoms with Crippen molar-refractivity contribution >= 4 is 11.6 Å². The van der Waals surface area contributed by atoms with Crippen molar-refractivity contribution in [3.8, 4) is 0 Å². The van der Waals surface area contributed by atoms with Crippen LogP contribution in [0, 0.1) is 13.8 Å². The van der Waals surface area contributed by atoms with E-state index in [4.69, 9.17) is 4.74 Å². The third-order valence-electron chi connectivity index (χ3n) is 5.33. The third-order valence-corrected chi connectivity index (χ3v) is 5.33. The molecule has 1 aromatic heterocycles. The van der Waals surface area contributed by atoms with Crippen LogP contribution in [0.1, 0.15) is 34.2 Å². The van der Waals surface area contributed by atoms with Crippen molar-refractivity contribution in [2.45, 2.75) is 26.3 Å². The van der Waals surface area contributed by atoms with E-state index in [-0.39, 0.29) is 11.9 Å². The van der Waals surface area contributed by atoms with E-state index in [0.717, 1.165) is 68.5 Å². The Bertz CT molecular complexity index is 778. The van der Waals surface area contributed by atoms with Crippen molar-refractivity contribution in [1.82, 2.24) is 14.7 Å². The van der Waals surface area contributed by atoms with Gasteiger partial charge in [-0.25, -0.2) is 0 Å². The van der Waals surface area contributed by atoms with Crippen LogP contribution in [0.4, 0.5) is 5.69 Å². The quantitative estimate of drug-likeness (QED) is 0.849. The molecule has 4 rings (SSSR count). The number of carbonyl (C=O) groups excluding carboxylic acids is 1. The maximum atomic E-state index is 12.9. The monoisotopic (exact) mass is 354 g/mol. The summed E-state index contributed by atoms with van der Waals surface area (Å²) in [6, 6.07) is 10.4. The number of hydrogen-bond donors (Lipinski definition) is 0. The topological polar surface area (TPSA) is 50.6 Å². The molecular formula is C20H26N4O2. The number of likely N-dealkylation sites (tertiary alicyclic amines) is 1. The molecule has 2 fully saturated rings. The average Bonchev–Trinajstić information content (AvgIpc) is 3.28. The average molecular weight is 354 g/mol. The number of aryl methyl sites for hydroxylation is 2. The van der Waals surface area contributed by atoms with E-state index in [2.05, 4.69) is 27.7 Å². The Morgan fingerprint density at radius 1 is 1.12 bits per heavy atom. The molecule has 1 amide bonds. The number of hydrogen-bond acceptors (Lipinski definition) is 4. The molecule has 0 spiro atoms. The molecular weight excluding hydrogens is 328 g/mol. The SMILES string of the molecule is Cc1cc(C)n(C2CCN(C(=O)c3ccc(N4CCOCC4)cc3)C2)n1. The van der Waals surface area contributed by atoms with Crippen LogP contribution in [0.25, 0.3) is 0 Å². The first-order valence-electron chi connectivity index (χ1n) is 9.36. The van der Waals surface area contributed by atoms with Gasteiger partial charge in [0.2, 0.25) is 0 Å². The van der Waals surface area contributed by atoms with Gasteiger partial charge in [-0.2, -0.15) is 5.10 Å². The van der Waals surface area contributed by atoms with Crippen LogP contribution in [0.5, 0.6) is 0 Å². The summed E-state index contributed by atoms with van der Waals surface area (Å²) in [6.07, 6.45) is 0.958. The van der Waals surface area contributed by atoms with Crippen LogP contribution in [0.2, 0.25) is 0 Å². The van der Waals surface area contributed by atoms with Gasteiger partial charge in [0.25, 0.3) is 5.91 Å². The summed E-state index contributed by atoms with van der Waals surface area (Å²) in [6.45, 7) is 8.95. The van der Waals surface area contributed by atoms with E-state index >= 15 is 0 Å². The maximum absolute atomic E-state index is 12.9. The van der Waals surface area contributed by atoms with Crippen molar-refractivity contribution in [3.05, 3.63) is 47.3 Å². The van der Waals surface area contributed by atoms with Crippen molar-refractivity contribution in [3.63, 3.8) is 0 Å². The van der Waals surface area contributed by atoms with Gasteiger partial charge in [-0.1, -0.05) is 0 Å². The molecule has 6 nitrogen and oxygen atoms in total. The van der Waals surface area contributed by atoms with Crippen LogP contribution in [0.3, 0.4) is 0 Å². The van der Waals surface area contributed by atoms with Crippen molar-refractivity contribution in [1.29, 1.82) is 0 Å².